The smallest absolute Gasteiger partial charge is 0.166 e. The van der Waals surface area contributed by atoms with Gasteiger partial charge >= 0.3 is 0 Å². The molecular weight excluding hydrogens is 303 g/mol. The Morgan fingerprint density at radius 1 is 1.08 bits per heavy atom. The predicted octanol–water partition coefficient (Wildman–Crippen LogP) is 4.91. The third-order valence-corrected chi connectivity index (χ3v) is 3.75. The Hall–Kier alpha value is -2.75. The van der Waals surface area contributed by atoms with Crippen molar-refractivity contribution in [1.82, 2.24) is 9.78 Å². The maximum atomic E-state index is 13.2. The molecule has 0 aliphatic heterocycles. The first-order chi connectivity index (χ1) is 11.5. The van der Waals surface area contributed by atoms with Crippen molar-refractivity contribution in [2.24, 2.45) is 5.92 Å². The van der Waals surface area contributed by atoms with Crippen molar-refractivity contribution in [3.05, 3.63) is 72.2 Å². The summed E-state index contributed by atoms with van der Waals surface area (Å²) >= 11 is 0. The molecule has 0 N–H and O–H groups in total. The van der Waals surface area contributed by atoms with Crippen LogP contribution in [0.1, 0.15) is 30.6 Å². The molecular formula is C20H19FN2O. The number of para-hydroxylation sites is 1. The van der Waals surface area contributed by atoms with Crippen molar-refractivity contribution in [3.8, 4) is 16.9 Å². The molecule has 0 unspecified atom stereocenters. The fourth-order valence-corrected chi connectivity index (χ4v) is 2.59. The van der Waals surface area contributed by atoms with Crippen LogP contribution in [0.3, 0.4) is 0 Å². The highest BCUT2D eigenvalue weighted by molar-refractivity contribution is 6.01. The Labute approximate surface area is 140 Å². The summed E-state index contributed by atoms with van der Waals surface area (Å²) in [6.07, 6.45) is 2.22. The molecule has 0 fully saturated rings. The zero-order chi connectivity index (χ0) is 17.1. The number of benzene rings is 2. The number of Topliss-reactive ketones (excluding diaryl/α,β-unsaturated/α-hetero) is 1. The lowest BCUT2D eigenvalue weighted by Gasteiger charge is -2.04. The van der Waals surface area contributed by atoms with Gasteiger partial charge in [0, 0.05) is 18.2 Å². The summed E-state index contributed by atoms with van der Waals surface area (Å²) in [6.45, 7) is 4.02. The van der Waals surface area contributed by atoms with E-state index in [1.807, 2.05) is 44.2 Å². The van der Waals surface area contributed by atoms with Crippen LogP contribution >= 0.6 is 0 Å². The largest absolute Gasteiger partial charge is 0.294 e. The molecule has 3 rings (SSSR count). The van der Waals surface area contributed by atoms with Crippen molar-refractivity contribution in [2.75, 3.05) is 0 Å². The molecule has 2 aromatic carbocycles. The molecule has 122 valence electrons. The van der Waals surface area contributed by atoms with Gasteiger partial charge in [0.15, 0.2) is 5.78 Å². The Morgan fingerprint density at radius 2 is 1.75 bits per heavy atom. The van der Waals surface area contributed by atoms with Crippen molar-refractivity contribution >= 4 is 5.78 Å². The number of halogens is 1. The minimum atomic E-state index is -0.309. The van der Waals surface area contributed by atoms with Gasteiger partial charge in [0.05, 0.1) is 11.3 Å². The number of rotatable bonds is 5. The van der Waals surface area contributed by atoms with Gasteiger partial charge in [-0.1, -0.05) is 32.0 Å². The van der Waals surface area contributed by atoms with E-state index in [2.05, 4.69) is 5.10 Å². The maximum absolute atomic E-state index is 13.2. The van der Waals surface area contributed by atoms with Gasteiger partial charge in [-0.15, -0.1) is 0 Å². The predicted molar refractivity (Wildman–Crippen MR) is 92.7 cm³/mol. The number of ketones is 1. The van der Waals surface area contributed by atoms with Gasteiger partial charge in [-0.2, -0.15) is 5.10 Å². The fourth-order valence-electron chi connectivity index (χ4n) is 2.59. The van der Waals surface area contributed by atoms with Crippen molar-refractivity contribution < 1.29 is 9.18 Å². The molecule has 24 heavy (non-hydrogen) atoms. The van der Waals surface area contributed by atoms with E-state index in [4.69, 9.17) is 0 Å². The molecule has 0 bridgehead atoms. The van der Waals surface area contributed by atoms with Gasteiger partial charge < -0.3 is 0 Å². The van der Waals surface area contributed by atoms with Gasteiger partial charge in [-0.25, -0.2) is 9.07 Å². The van der Waals surface area contributed by atoms with Crippen LogP contribution in [-0.2, 0) is 0 Å². The minimum Gasteiger partial charge on any atom is -0.294 e. The van der Waals surface area contributed by atoms with Crippen LogP contribution in [-0.4, -0.2) is 15.6 Å². The highest BCUT2D eigenvalue weighted by atomic mass is 19.1. The second-order valence-corrected chi connectivity index (χ2v) is 6.20. The van der Waals surface area contributed by atoms with Gasteiger partial charge in [0.1, 0.15) is 11.5 Å². The standard InChI is InChI=1S/C20H19FN2O/c1-14(2)12-19(24)18-13-23(17-6-4-3-5-7-17)22-20(18)15-8-10-16(21)11-9-15/h3-11,13-14H,12H2,1-2H3. The van der Waals surface area contributed by atoms with Crippen LogP contribution in [0.25, 0.3) is 16.9 Å². The summed E-state index contributed by atoms with van der Waals surface area (Å²) in [4.78, 5) is 12.6. The molecule has 0 amide bonds. The quantitative estimate of drug-likeness (QED) is 0.626. The fraction of sp³-hybridized carbons (Fsp3) is 0.200. The lowest BCUT2D eigenvalue weighted by Crippen LogP contribution is -2.04. The molecule has 1 heterocycles. The molecule has 0 saturated heterocycles. The normalized spacial score (nSPS) is 11.0. The number of hydrogen-bond donors (Lipinski definition) is 0. The monoisotopic (exact) mass is 322 g/mol. The van der Waals surface area contributed by atoms with E-state index < -0.39 is 0 Å². The topological polar surface area (TPSA) is 34.9 Å². The molecule has 0 atom stereocenters. The molecule has 0 spiro atoms. The third-order valence-electron chi connectivity index (χ3n) is 3.75. The van der Waals surface area contributed by atoms with E-state index in [-0.39, 0.29) is 17.5 Å². The van der Waals surface area contributed by atoms with Crippen LogP contribution in [0.2, 0.25) is 0 Å². The Bertz CT molecular complexity index is 836. The number of aromatic nitrogens is 2. The van der Waals surface area contributed by atoms with E-state index >= 15 is 0 Å². The van der Waals surface area contributed by atoms with Gasteiger partial charge in [-0.3, -0.25) is 4.79 Å². The number of carbonyl (C=O) groups excluding carboxylic acids is 1. The lowest BCUT2D eigenvalue weighted by atomic mass is 9.99. The Kier molecular flexibility index (Phi) is 4.56. The van der Waals surface area contributed by atoms with Gasteiger partial charge in [-0.05, 0) is 42.3 Å². The van der Waals surface area contributed by atoms with Crippen LogP contribution < -0.4 is 0 Å². The number of nitrogens with zero attached hydrogens (tertiary/aromatic N) is 2. The maximum Gasteiger partial charge on any atom is 0.166 e. The van der Waals surface area contributed by atoms with Crippen LogP contribution in [0.4, 0.5) is 4.39 Å². The average Bonchev–Trinajstić information content (AvgIpc) is 3.01. The second-order valence-electron chi connectivity index (χ2n) is 6.20. The zero-order valence-electron chi connectivity index (χ0n) is 13.7. The number of carbonyl (C=O) groups is 1. The molecule has 0 radical (unpaired) electrons. The SMILES string of the molecule is CC(C)CC(=O)c1cn(-c2ccccc2)nc1-c1ccc(F)cc1. The van der Waals surface area contributed by atoms with E-state index in [9.17, 15) is 9.18 Å². The second kappa shape index (κ2) is 6.79. The summed E-state index contributed by atoms with van der Waals surface area (Å²) in [5.74, 6) is 0.00134. The molecule has 0 aliphatic carbocycles. The lowest BCUT2D eigenvalue weighted by molar-refractivity contribution is 0.0968. The summed E-state index contributed by atoms with van der Waals surface area (Å²) in [7, 11) is 0. The first-order valence-corrected chi connectivity index (χ1v) is 7.99. The molecule has 3 aromatic rings. The summed E-state index contributed by atoms with van der Waals surface area (Å²) < 4.78 is 14.9. The molecule has 0 saturated carbocycles. The van der Waals surface area contributed by atoms with Crippen LogP contribution in [0, 0.1) is 11.7 Å². The Morgan fingerprint density at radius 3 is 2.38 bits per heavy atom. The molecule has 4 heteroatoms. The third kappa shape index (κ3) is 3.43. The summed E-state index contributed by atoms with van der Waals surface area (Å²) in [5, 5.41) is 4.58. The highest BCUT2D eigenvalue weighted by Crippen LogP contribution is 2.26. The van der Waals surface area contributed by atoms with E-state index in [1.54, 1.807) is 23.0 Å². The highest BCUT2D eigenvalue weighted by Gasteiger charge is 2.19. The van der Waals surface area contributed by atoms with Crippen molar-refractivity contribution in [3.63, 3.8) is 0 Å². The number of hydrogen-bond acceptors (Lipinski definition) is 2. The Balaban J connectivity index is 2.09. The van der Waals surface area contributed by atoms with Gasteiger partial charge in [0.2, 0.25) is 0 Å². The summed E-state index contributed by atoms with van der Waals surface area (Å²) in [6, 6.07) is 15.7. The van der Waals surface area contributed by atoms with Crippen LogP contribution in [0.5, 0.6) is 0 Å². The van der Waals surface area contributed by atoms with Crippen LogP contribution in [0.15, 0.2) is 60.8 Å². The molecule has 1 aromatic heterocycles. The first-order valence-electron chi connectivity index (χ1n) is 7.99. The van der Waals surface area contributed by atoms with Crippen molar-refractivity contribution in [1.29, 1.82) is 0 Å². The van der Waals surface area contributed by atoms with Gasteiger partial charge in [0.25, 0.3) is 0 Å². The van der Waals surface area contributed by atoms with E-state index in [1.165, 1.54) is 12.1 Å². The van der Waals surface area contributed by atoms with Crippen molar-refractivity contribution in [2.45, 2.75) is 20.3 Å². The summed E-state index contributed by atoms with van der Waals surface area (Å²) in [5.41, 5.74) is 2.77. The van der Waals surface area contributed by atoms with E-state index in [0.29, 0.717) is 17.7 Å². The molecule has 0 aliphatic rings. The van der Waals surface area contributed by atoms with E-state index in [0.717, 1.165) is 11.3 Å². The molecule has 3 nitrogen and oxygen atoms in total. The zero-order valence-corrected chi connectivity index (χ0v) is 13.7. The minimum absolute atomic E-state index is 0.0477. The average molecular weight is 322 g/mol. The first kappa shape index (κ1) is 16.1.